The van der Waals surface area contributed by atoms with Gasteiger partial charge in [-0.1, -0.05) is 12.8 Å². The summed E-state index contributed by atoms with van der Waals surface area (Å²) in [5, 5.41) is 21.8. The molecule has 0 radical (unpaired) electrons. The minimum absolute atomic E-state index is 0.200. The summed E-state index contributed by atoms with van der Waals surface area (Å²) < 4.78 is 0.571. The van der Waals surface area contributed by atoms with Crippen molar-refractivity contribution in [3.8, 4) is 0 Å². The standard InChI is InChI=1S/C14H18BrNO3/c15-12-7-10(5-6-11(12)14(18)19)16-13-4-2-1-3-9(13)8-17/h5-7,9,13,16-17H,1-4,8H2,(H,18,19). The topological polar surface area (TPSA) is 69.6 Å². The largest absolute Gasteiger partial charge is 0.478 e. The molecule has 5 heteroatoms. The van der Waals surface area contributed by atoms with E-state index < -0.39 is 5.97 Å². The average Bonchev–Trinajstić information content (AvgIpc) is 2.39. The van der Waals surface area contributed by atoms with Crippen LogP contribution in [0.25, 0.3) is 0 Å². The quantitative estimate of drug-likeness (QED) is 0.794. The van der Waals surface area contributed by atoms with E-state index in [1.165, 1.54) is 12.8 Å². The second-order valence-corrected chi connectivity index (χ2v) is 5.83. The number of carbonyl (C=O) groups is 1. The summed E-state index contributed by atoms with van der Waals surface area (Å²) in [7, 11) is 0. The Labute approximate surface area is 121 Å². The number of halogens is 1. The third kappa shape index (κ3) is 3.48. The first-order chi connectivity index (χ1) is 9.11. The van der Waals surface area contributed by atoms with Crippen molar-refractivity contribution in [1.82, 2.24) is 0 Å². The monoisotopic (exact) mass is 327 g/mol. The first-order valence-corrected chi connectivity index (χ1v) is 7.31. The van der Waals surface area contributed by atoms with Gasteiger partial charge in [0, 0.05) is 28.7 Å². The molecule has 1 saturated carbocycles. The van der Waals surface area contributed by atoms with Crippen molar-refractivity contribution in [2.75, 3.05) is 11.9 Å². The fraction of sp³-hybridized carbons (Fsp3) is 0.500. The van der Waals surface area contributed by atoms with E-state index in [0.717, 1.165) is 18.5 Å². The third-order valence-corrected chi connectivity index (χ3v) is 4.35. The van der Waals surface area contributed by atoms with Gasteiger partial charge in [0.1, 0.15) is 0 Å². The number of aliphatic hydroxyl groups is 1. The molecule has 2 atom stereocenters. The van der Waals surface area contributed by atoms with Crippen molar-refractivity contribution in [3.63, 3.8) is 0 Å². The normalized spacial score (nSPS) is 23.1. The summed E-state index contributed by atoms with van der Waals surface area (Å²) in [5.41, 5.74) is 1.15. The van der Waals surface area contributed by atoms with Crippen molar-refractivity contribution in [2.45, 2.75) is 31.7 Å². The molecule has 2 rings (SSSR count). The van der Waals surface area contributed by atoms with E-state index in [0.29, 0.717) is 4.47 Å². The van der Waals surface area contributed by atoms with Crippen LogP contribution < -0.4 is 5.32 Å². The van der Waals surface area contributed by atoms with Gasteiger partial charge in [-0.25, -0.2) is 4.79 Å². The van der Waals surface area contributed by atoms with Crippen LogP contribution in [0, 0.1) is 5.92 Å². The summed E-state index contributed by atoms with van der Waals surface area (Å²) in [6.07, 6.45) is 4.43. The van der Waals surface area contributed by atoms with Crippen LogP contribution in [0.1, 0.15) is 36.0 Å². The Bertz CT molecular complexity index is 464. The van der Waals surface area contributed by atoms with E-state index in [-0.39, 0.29) is 24.1 Å². The molecule has 0 spiro atoms. The highest BCUT2D eigenvalue weighted by atomic mass is 79.9. The Hall–Kier alpha value is -1.07. The number of anilines is 1. The Balaban J connectivity index is 2.10. The maximum absolute atomic E-state index is 10.9. The van der Waals surface area contributed by atoms with Crippen molar-refractivity contribution in [2.24, 2.45) is 5.92 Å². The minimum atomic E-state index is -0.940. The van der Waals surface area contributed by atoms with Gasteiger partial charge in [0.05, 0.1) is 5.56 Å². The van der Waals surface area contributed by atoms with Crippen LogP contribution in [0.2, 0.25) is 0 Å². The molecular formula is C14H18BrNO3. The number of carboxylic acids is 1. The number of carboxylic acid groups (broad SMARTS) is 1. The molecule has 2 unspecified atom stereocenters. The lowest BCUT2D eigenvalue weighted by atomic mass is 9.85. The maximum Gasteiger partial charge on any atom is 0.336 e. The molecule has 104 valence electrons. The Morgan fingerprint density at radius 3 is 2.74 bits per heavy atom. The average molecular weight is 328 g/mol. The molecule has 19 heavy (non-hydrogen) atoms. The van der Waals surface area contributed by atoms with E-state index in [1.54, 1.807) is 18.2 Å². The Morgan fingerprint density at radius 1 is 1.37 bits per heavy atom. The molecule has 3 N–H and O–H groups in total. The van der Waals surface area contributed by atoms with E-state index >= 15 is 0 Å². The van der Waals surface area contributed by atoms with Gasteiger partial charge in [-0.05, 0) is 47.0 Å². The highest BCUT2D eigenvalue weighted by Gasteiger charge is 2.24. The SMILES string of the molecule is O=C(O)c1ccc(NC2CCCCC2CO)cc1Br. The molecule has 1 aliphatic carbocycles. The van der Waals surface area contributed by atoms with Crippen molar-refractivity contribution in [1.29, 1.82) is 0 Å². The molecule has 0 aliphatic heterocycles. The van der Waals surface area contributed by atoms with Crippen molar-refractivity contribution >= 4 is 27.6 Å². The molecule has 0 saturated heterocycles. The second-order valence-electron chi connectivity index (χ2n) is 4.98. The van der Waals surface area contributed by atoms with Gasteiger partial charge < -0.3 is 15.5 Å². The van der Waals surface area contributed by atoms with Gasteiger partial charge in [0.25, 0.3) is 0 Å². The first kappa shape index (κ1) is 14.3. The van der Waals surface area contributed by atoms with Crippen LogP contribution in [0.4, 0.5) is 5.69 Å². The van der Waals surface area contributed by atoms with Gasteiger partial charge in [0.2, 0.25) is 0 Å². The lowest BCUT2D eigenvalue weighted by Gasteiger charge is -2.31. The summed E-state index contributed by atoms with van der Waals surface area (Å²) >= 11 is 3.27. The molecule has 1 aliphatic rings. The van der Waals surface area contributed by atoms with E-state index in [2.05, 4.69) is 21.2 Å². The molecule has 1 fully saturated rings. The van der Waals surface area contributed by atoms with Crippen LogP contribution in [0.15, 0.2) is 22.7 Å². The first-order valence-electron chi connectivity index (χ1n) is 6.52. The molecular weight excluding hydrogens is 310 g/mol. The predicted octanol–water partition coefficient (Wildman–Crippen LogP) is 3.11. The maximum atomic E-state index is 10.9. The Morgan fingerprint density at radius 2 is 2.11 bits per heavy atom. The summed E-state index contributed by atoms with van der Waals surface area (Å²) in [6.45, 7) is 0.200. The van der Waals surface area contributed by atoms with E-state index in [1.807, 2.05) is 0 Å². The number of aromatic carboxylic acids is 1. The van der Waals surface area contributed by atoms with E-state index in [9.17, 15) is 9.90 Å². The van der Waals surface area contributed by atoms with Crippen molar-refractivity contribution in [3.05, 3.63) is 28.2 Å². The highest BCUT2D eigenvalue weighted by molar-refractivity contribution is 9.10. The molecule has 1 aromatic rings. The predicted molar refractivity (Wildman–Crippen MR) is 77.6 cm³/mol. The van der Waals surface area contributed by atoms with Crippen LogP contribution >= 0.6 is 15.9 Å². The summed E-state index contributed by atoms with van der Waals surface area (Å²) in [4.78, 5) is 10.9. The van der Waals surface area contributed by atoms with Gasteiger partial charge in [-0.2, -0.15) is 0 Å². The van der Waals surface area contributed by atoms with E-state index in [4.69, 9.17) is 5.11 Å². The highest BCUT2D eigenvalue weighted by Crippen LogP contribution is 2.28. The molecule has 0 amide bonds. The zero-order valence-electron chi connectivity index (χ0n) is 10.6. The fourth-order valence-corrected chi connectivity index (χ4v) is 3.16. The van der Waals surface area contributed by atoms with Crippen LogP contribution in [-0.4, -0.2) is 28.8 Å². The lowest BCUT2D eigenvalue weighted by Crippen LogP contribution is -2.34. The molecule has 1 aromatic carbocycles. The molecule has 0 aromatic heterocycles. The van der Waals surface area contributed by atoms with Gasteiger partial charge in [-0.3, -0.25) is 0 Å². The van der Waals surface area contributed by atoms with Crippen LogP contribution in [0.3, 0.4) is 0 Å². The summed E-state index contributed by atoms with van der Waals surface area (Å²) in [5.74, 6) is -0.656. The fourth-order valence-electron chi connectivity index (χ4n) is 2.61. The molecule has 0 heterocycles. The number of hydrogen-bond acceptors (Lipinski definition) is 3. The number of aliphatic hydroxyl groups excluding tert-OH is 1. The third-order valence-electron chi connectivity index (χ3n) is 3.70. The van der Waals surface area contributed by atoms with Crippen molar-refractivity contribution < 1.29 is 15.0 Å². The molecule has 0 bridgehead atoms. The van der Waals surface area contributed by atoms with Gasteiger partial charge in [0.15, 0.2) is 0 Å². The molecule has 4 nitrogen and oxygen atoms in total. The van der Waals surface area contributed by atoms with Gasteiger partial charge in [-0.15, -0.1) is 0 Å². The summed E-state index contributed by atoms with van der Waals surface area (Å²) in [6, 6.07) is 5.41. The number of rotatable bonds is 4. The number of nitrogens with one attached hydrogen (secondary N) is 1. The smallest absolute Gasteiger partial charge is 0.336 e. The Kier molecular flexibility index (Phi) is 4.82. The van der Waals surface area contributed by atoms with Crippen LogP contribution in [0.5, 0.6) is 0 Å². The number of hydrogen-bond donors (Lipinski definition) is 3. The number of benzene rings is 1. The zero-order chi connectivity index (χ0) is 13.8. The minimum Gasteiger partial charge on any atom is -0.478 e. The lowest BCUT2D eigenvalue weighted by molar-refractivity contribution is 0.0696. The van der Waals surface area contributed by atoms with Crippen LogP contribution in [-0.2, 0) is 0 Å². The zero-order valence-corrected chi connectivity index (χ0v) is 12.2. The second kappa shape index (κ2) is 6.39. The van der Waals surface area contributed by atoms with Gasteiger partial charge >= 0.3 is 5.97 Å².